The first kappa shape index (κ1) is 17.7. The predicted octanol–water partition coefficient (Wildman–Crippen LogP) is 1.59. The molecule has 0 saturated heterocycles. The normalized spacial score (nSPS) is 9.89. The highest BCUT2D eigenvalue weighted by Crippen LogP contribution is 2.20. The van der Waals surface area contributed by atoms with Gasteiger partial charge in [0, 0.05) is 17.8 Å². The van der Waals surface area contributed by atoms with Gasteiger partial charge in [0.1, 0.15) is 5.69 Å². The highest BCUT2D eigenvalue weighted by molar-refractivity contribution is 6.02. The van der Waals surface area contributed by atoms with Crippen LogP contribution in [0.1, 0.15) is 52.4 Å². The summed E-state index contributed by atoms with van der Waals surface area (Å²) in [4.78, 5) is 26.6. The third kappa shape index (κ3) is 4.08. The molecule has 0 fully saturated rings. The lowest BCUT2D eigenvalue weighted by Gasteiger charge is -2.05. The molecule has 5 nitrogen and oxygen atoms in total. The SMILES string of the molecule is CCc1c(C(=O)NCCCN)[nH]c(C)c1C(C)=O.Cl. The summed E-state index contributed by atoms with van der Waals surface area (Å²) in [6, 6.07) is 0. The molecular weight excluding hydrogens is 266 g/mol. The number of carbonyl (C=O) groups excluding carboxylic acids is 2. The van der Waals surface area contributed by atoms with Crippen molar-refractivity contribution in [3.8, 4) is 0 Å². The van der Waals surface area contributed by atoms with Gasteiger partial charge < -0.3 is 16.0 Å². The minimum atomic E-state index is -0.170. The van der Waals surface area contributed by atoms with Gasteiger partial charge in [0.25, 0.3) is 5.91 Å². The van der Waals surface area contributed by atoms with E-state index in [2.05, 4.69) is 10.3 Å². The van der Waals surface area contributed by atoms with Gasteiger partial charge in [-0.1, -0.05) is 6.92 Å². The van der Waals surface area contributed by atoms with Crippen molar-refractivity contribution >= 4 is 24.1 Å². The van der Waals surface area contributed by atoms with E-state index in [-0.39, 0.29) is 24.1 Å². The van der Waals surface area contributed by atoms with Crippen LogP contribution in [0.4, 0.5) is 0 Å². The van der Waals surface area contributed by atoms with Crippen LogP contribution in [0.15, 0.2) is 0 Å². The van der Waals surface area contributed by atoms with Crippen molar-refractivity contribution in [3.63, 3.8) is 0 Å². The van der Waals surface area contributed by atoms with E-state index < -0.39 is 0 Å². The standard InChI is InChI=1S/C13H21N3O2.ClH/c1-4-10-11(9(3)17)8(2)16-12(10)13(18)15-7-5-6-14;/h16H,4-7,14H2,1-3H3,(H,15,18);1H. The second-order valence-electron chi connectivity index (χ2n) is 4.29. The van der Waals surface area contributed by atoms with Gasteiger partial charge in [-0.25, -0.2) is 0 Å². The van der Waals surface area contributed by atoms with Crippen LogP contribution >= 0.6 is 12.4 Å². The zero-order chi connectivity index (χ0) is 13.7. The number of H-pyrrole nitrogens is 1. The molecule has 0 saturated carbocycles. The molecule has 0 bridgehead atoms. The molecule has 1 amide bonds. The fourth-order valence-corrected chi connectivity index (χ4v) is 2.09. The van der Waals surface area contributed by atoms with Gasteiger partial charge in [-0.2, -0.15) is 0 Å². The Hall–Kier alpha value is -1.33. The molecule has 1 heterocycles. The molecule has 0 aromatic carbocycles. The summed E-state index contributed by atoms with van der Waals surface area (Å²) in [5, 5.41) is 2.79. The second kappa shape index (κ2) is 7.96. The lowest BCUT2D eigenvalue weighted by atomic mass is 10.0. The Labute approximate surface area is 119 Å². The van der Waals surface area contributed by atoms with E-state index in [1.807, 2.05) is 13.8 Å². The molecule has 0 unspecified atom stereocenters. The van der Waals surface area contributed by atoms with Crippen molar-refractivity contribution in [2.45, 2.75) is 33.6 Å². The van der Waals surface area contributed by atoms with E-state index in [9.17, 15) is 9.59 Å². The predicted molar refractivity (Wildman–Crippen MR) is 78.2 cm³/mol. The summed E-state index contributed by atoms with van der Waals surface area (Å²) < 4.78 is 0. The quantitative estimate of drug-likeness (QED) is 0.548. The van der Waals surface area contributed by atoms with Crippen molar-refractivity contribution < 1.29 is 9.59 Å². The van der Waals surface area contributed by atoms with Gasteiger partial charge in [-0.3, -0.25) is 9.59 Å². The van der Waals surface area contributed by atoms with Gasteiger partial charge in [-0.15, -0.1) is 12.4 Å². The van der Waals surface area contributed by atoms with Crippen molar-refractivity contribution in [2.24, 2.45) is 5.73 Å². The van der Waals surface area contributed by atoms with E-state index in [4.69, 9.17) is 5.73 Å². The number of carbonyl (C=O) groups is 2. The molecular formula is C13H22ClN3O2. The number of amides is 1. The lowest BCUT2D eigenvalue weighted by molar-refractivity contribution is 0.0948. The van der Waals surface area contributed by atoms with Gasteiger partial charge in [0.2, 0.25) is 0 Å². The summed E-state index contributed by atoms with van der Waals surface area (Å²) in [7, 11) is 0. The number of ketones is 1. The monoisotopic (exact) mass is 287 g/mol. The molecule has 0 aliphatic heterocycles. The van der Waals surface area contributed by atoms with E-state index in [0.717, 1.165) is 17.7 Å². The molecule has 0 spiro atoms. The van der Waals surface area contributed by atoms with E-state index in [1.54, 1.807) is 0 Å². The fourth-order valence-electron chi connectivity index (χ4n) is 2.09. The first-order valence-electron chi connectivity index (χ1n) is 6.23. The number of hydrogen-bond acceptors (Lipinski definition) is 3. The summed E-state index contributed by atoms with van der Waals surface area (Å²) in [6.07, 6.45) is 1.39. The Kier molecular flexibility index (Phi) is 7.41. The maximum Gasteiger partial charge on any atom is 0.268 e. The molecule has 0 aliphatic rings. The number of aromatic amines is 1. The van der Waals surface area contributed by atoms with Gasteiger partial charge in [0.05, 0.1) is 0 Å². The van der Waals surface area contributed by atoms with Gasteiger partial charge in [0.15, 0.2) is 5.78 Å². The topological polar surface area (TPSA) is 88.0 Å². The van der Waals surface area contributed by atoms with Crippen molar-refractivity contribution in [1.29, 1.82) is 0 Å². The first-order chi connectivity index (χ1) is 8.52. The Morgan fingerprint density at radius 3 is 2.47 bits per heavy atom. The van der Waals surface area contributed by atoms with Crippen LogP contribution < -0.4 is 11.1 Å². The average Bonchev–Trinajstić information content (AvgIpc) is 2.66. The van der Waals surface area contributed by atoms with E-state index in [1.165, 1.54) is 6.92 Å². The number of aryl methyl sites for hydroxylation is 1. The summed E-state index contributed by atoms with van der Waals surface area (Å²) in [6.45, 7) is 6.36. The van der Waals surface area contributed by atoms with Crippen LogP contribution in [0.5, 0.6) is 0 Å². The number of aromatic nitrogens is 1. The highest BCUT2D eigenvalue weighted by atomic mass is 35.5. The van der Waals surface area contributed by atoms with Gasteiger partial charge >= 0.3 is 0 Å². The third-order valence-electron chi connectivity index (χ3n) is 2.89. The number of Topliss-reactive ketones (excluding diaryl/α,β-unsaturated/α-hetero) is 1. The number of rotatable bonds is 6. The van der Waals surface area contributed by atoms with Crippen LogP contribution in [-0.4, -0.2) is 29.8 Å². The lowest BCUT2D eigenvalue weighted by Crippen LogP contribution is -2.27. The minimum absolute atomic E-state index is 0. The Morgan fingerprint density at radius 1 is 1.37 bits per heavy atom. The minimum Gasteiger partial charge on any atom is -0.354 e. The maximum atomic E-state index is 12.0. The molecule has 1 rings (SSSR count). The number of nitrogens with two attached hydrogens (primary N) is 1. The van der Waals surface area contributed by atoms with Crippen molar-refractivity contribution in [2.75, 3.05) is 13.1 Å². The zero-order valence-electron chi connectivity index (χ0n) is 11.6. The largest absolute Gasteiger partial charge is 0.354 e. The first-order valence-corrected chi connectivity index (χ1v) is 6.23. The number of halogens is 1. The molecule has 19 heavy (non-hydrogen) atoms. The molecule has 1 aromatic heterocycles. The second-order valence-corrected chi connectivity index (χ2v) is 4.29. The third-order valence-corrected chi connectivity index (χ3v) is 2.89. The van der Waals surface area contributed by atoms with Crippen LogP contribution in [0, 0.1) is 6.92 Å². The Balaban J connectivity index is 0.00000324. The van der Waals surface area contributed by atoms with E-state index >= 15 is 0 Å². The summed E-state index contributed by atoms with van der Waals surface area (Å²) in [5.74, 6) is -0.183. The Bertz CT molecular complexity index is 455. The van der Waals surface area contributed by atoms with Crippen LogP contribution in [-0.2, 0) is 6.42 Å². The fraction of sp³-hybridized carbons (Fsp3) is 0.538. The number of nitrogens with one attached hydrogen (secondary N) is 2. The van der Waals surface area contributed by atoms with Crippen LogP contribution in [0.2, 0.25) is 0 Å². The molecule has 0 aliphatic carbocycles. The number of hydrogen-bond donors (Lipinski definition) is 3. The molecule has 0 atom stereocenters. The zero-order valence-corrected chi connectivity index (χ0v) is 12.4. The molecule has 6 heteroatoms. The summed E-state index contributed by atoms with van der Waals surface area (Å²) in [5.41, 5.74) is 8.06. The molecule has 0 radical (unpaired) electrons. The molecule has 4 N–H and O–H groups in total. The average molecular weight is 288 g/mol. The maximum absolute atomic E-state index is 12.0. The smallest absolute Gasteiger partial charge is 0.268 e. The summed E-state index contributed by atoms with van der Waals surface area (Å²) >= 11 is 0. The van der Waals surface area contributed by atoms with Crippen LogP contribution in [0.25, 0.3) is 0 Å². The van der Waals surface area contributed by atoms with Gasteiger partial charge in [-0.05, 0) is 38.8 Å². The highest BCUT2D eigenvalue weighted by Gasteiger charge is 2.20. The Morgan fingerprint density at radius 2 is 2.00 bits per heavy atom. The van der Waals surface area contributed by atoms with Crippen molar-refractivity contribution in [3.05, 3.63) is 22.5 Å². The molecule has 108 valence electrons. The molecule has 1 aromatic rings. The van der Waals surface area contributed by atoms with Crippen LogP contribution in [0.3, 0.4) is 0 Å². The van der Waals surface area contributed by atoms with Crippen molar-refractivity contribution in [1.82, 2.24) is 10.3 Å². The van der Waals surface area contributed by atoms with E-state index in [0.29, 0.717) is 30.8 Å².